The van der Waals surface area contributed by atoms with Crippen molar-refractivity contribution in [2.45, 2.75) is 50.4 Å². The van der Waals surface area contributed by atoms with E-state index in [4.69, 9.17) is 10.5 Å². The van der Waals surface area contributed by atoms with Crippen molar-refractivity contribution in [1.82, 2.24) is 0 Å². The number of hydrogen-bond donors (Lipinski definition) is 1. The van der Waals surface area contributed by atoms with Gasteiger partial charge in [-0.15, -0.1) is 0 Å². The Morgan fingerprint density at radius 2 is 1.84 bits per heavy atom. The largest absolute Gasteiger partial charge is 0.384 e. The van der Waals surface area contributed by atoms with Gasteiger partial charge in [-0.3, -0.25) is 0 Å². The molecular weight excluding hydrogens is 234 g/mol. The van der Waals surface area contributed by atoms with Crippen molar-refractivity contribution in [2.24, 2.45) is 5.73 Å². The summed E-state index contributed by atoms with van der Waals surface area (Å²) in [5, 5.41) is 0. The average Bonchev–Trinajstić information content (AvgIpc) is 2.88. The summed E-state index contributed by atoms with van der Waals surface area (Å²) in [6.07, 6.45) is 5.06. The van der Waals surface area contributed by atoms with Gasteiger partial charge in [0.1, 0.15) is 0 Å². The molecule has 0 heterocycles. The zero-order chi connectivity index (χ0) is 13.9. The van der Waals surface area contributed by atoms with E-state index < -0.39 is 0 Å². The molecule has 0 radical (unpaired) electrons. The summed E-state index contributed by atoms with van der Waals surface area (Å²) in [5.41, 5.74) is 9.25. The second-order valence-electron chi connectivity index (χ2n) is 6.55. The van der Waals surface area contributed by atoms with E-state index in [0.29, 0.717) is 0 Å². The van der Waals surface area contributed by atoms with Crippen LogP contribution < -0.4 is 5.73 Å². The summed E-state index contributed by atoms with van der Waals surface area (Å²) in [7, 11) is 1.78. The van der Waals surface area contributed by atoms with Crippen LogP contribution in [0.5, 0.6) is 0 Å². The summed E-state index contributed by atoms with van der Waals surface area (Å²) in [6, 6.07) is 8.82. The fourth-order valence-corrected chi connectivity index (χ4v) is 3.61. The Bertz CT molecular complexity index is 419. The van der Waals surface area contributed by atoms with Crippen molar-refractivity contribution in [3.05, 3.63) is 35.4 Å². The molecule has 0 unspecified atom stereocenters. The molecule has 0 aromatic heterocycles. The number of methoxy groups -OCH3 is 1. The molecule has 1 fully saturated rings. The monoisotopic (exact) mass is 261 g/mol. The SMILES string of the molecule is COCC(C)(C)c1ccccc1C1(CN)CCCC1. The molecule has 1 aliphatic carbocycles. The minimum Gasteiger partial charge on any atom is -0.384 e. The molecule has 1 aromatic rings. The zero-order valence-electron chi connectivity index (χ0n) is 12.5. The third-order valence-corrected chi connectivity index (χ3v) is 4.68. The van der Waals surface area contributed by atoms with Crippen LogP contribution in [0.3, 0.4) is 0 Å². The van der Waals surface area contributed by atoms with Crippen LogP contribution in [0.2, 0.25) is 0 Å². The van der Waals surface area contributed by atoms with Crippen LogP contribution in [0, 0.1) is 0 Å². The molecule has 2 heteroatoms. The Labute approximate surface area is 117 Å². The maximum atomic E-state index is 6.16. The molecule has 0 spiro atoms. The number of ether oxygens (including phenoxy) is 1. The smallest absolute Gasteiger partial charge is 0.0553 e. The lowest BCUT2D eigenvalue weighted by Crippen LogP contribution is -2.36. The van der Waals surface area contributed by atoms with Gasteiger partial charge in [-0.1, -0.05) is 51.0 Å². The summed E-state index contributed by atoms with van der Waals surface area (Å²) >= 11 is 0. The molecule has 1 aromatic carbocycles. The molecule has 2 nitrogen and oxygen atoms in total. The number of hydrogen-bond acceptors (Lipinski definition) is 2. The quantitative estimate of drug-likeness (QED) is 0.882. The molecule has 2 N–H and O–H groups in total. The predicted octanol–water partition coefficient (Wildman–Crippen LogP) is 3.38. The molecule has 19 heavy (non-hydrogen) atoms. The standard InChI is InChI=1S/C17H27NO/c1-16(2,13-19-3)14-8-4-5-9-15(14)17(12-18)10-6-7-11-17/h4-5,8-9H,6-7,10-13,18H2,1-3H3. The highest BCUT2D eigenvalue weighted by Gasteiger charge is 2.38. The minimum atomic E-state index is 0.0378. The van der Waals surface area contributed by atoms with Crippen LogP contribution >= 0.6 is 0 Å². The van der Waals surface area contributed by atoms with E-state index >= 15 is 0 Å². The number of rotatable bonds is 5. The van der Waals surface area contributed by atoms with Crippen LogP contribution in [0.4, 0.5) is 0 Å². The third kappa shape index (κ3) is 2.70. The van der Waals surface area contributed by atoms with E-state index in [1.807, 2.05) is 0 Å². The highest BCUT2D eigenvalue weighted by Crippen LogP contribution is 2.44. The van der Waals surface area contributed by atoms with E-state index in [1.165, 1.54) is 36.8 Å². The number of nitrogens with two attached hydrogens (primary N) is 1. The van der Waals surface area contributed by atoms with Gasteiger partial charge in [-0.25, -0.2) is 0 Å². The molecule has 1 aliphatic rings. The van der Waals surface area contributed by atoms with Crippen molar-refractivity contribution in [1.29, 1.82) is 0 Å². The molecule has 1 saturated carbocycles. The Hall–Kier alpha value is -0.860. The Morgan fingerprint density at radius 1 is 1.21 bits per heavy atom. The second kappa shape index (κ2) is 5.64. The molecule has 2 rings (SSSR count). The van der Waals surface area contributed by atoms with Crippen molar-refractivity contribution >= 4 is 0 Å². The van der Waals surface area contributed by atoms with Gasteiger partial charge < -0.3 is 10.5 Å². The molecule has 0 atom stereocenters. The Morgan fingerprint density at radius 3 is 2.42 bits per heavy atom. The van der Waals surface area contributed by atoms with Crippen LogP contribution in [0.1, 0.15) is 50.7 Å². The van der Waals surface area contributed by atoms with Gasteiger partial charge in [0.05, 0.1) is 6.61 Å². The fourth-order valence-electron chi connectivity index (χ4n) is 3.61. The van der Waals surface area contributed by atoms with Gasteiger partial charge in [0.2, 0.25) is 0 Å². The van der Waals surface area contributed by atoms with E-state index in [9.17, 15) is 0 Å². The van der Waals surface area contributed by atoms with E-state index in [2.05, 4.69) is 38.1 Å². The first-order chi connectivity index (χ1) is 9.06. The maximum Gasteiger partial charge on any atom is 0.0553 e. The first kappa shape index (κ1) is 14.5. The van der Waals surface area contributed by atoms with E-state index in [-0.39, 0.29) is 10.8 Å². The van der Waals surface area contributed by atoms with Crippen LogP contribution in [-0.2, 0) is 15.6 Å². The first-order valence-electron chi connectivity index (χ1n) is 7.35. The highest BCUT2D eigenvalue weighted by molar-refractivity contribution is 5.40. The molecular formula is C17H27NO. The second-order valence-corrected chi connectivity index (χ2v) is 6.55. The molecule has 0 aliphatic heterocycles. The lowest BCUT2D eigenvalue weighted by molar-refractivity contribution is 0.145. The van der Waals surface area contributed by atoms with Crippen molar-refractivity contribution < 1.29 is 4.74 Å². The summed E-state index contributed by atoms with van der Waals surface area (Å²) in [6.45, 7) is 6.01. The van der Waals surface area contributed by atoms with Crippen molar-refractivity contribution in [3.63, 3.8) is 0 Å². The van der Waals surface area contributed by atoms with Crippen LogP contribution in [-0.4, -0.2) is 20.3 Å². The van der Waals surface area contributed by atoms with Gasteiger partial charge in [-0.2, -0.15) is 0 Å². The Kier molecular flexibility index (Phi) is 4.32. The highest BCUT2D eigenvalue weighted by atomic mass is 16.5. The Balaban J connectivity index is 2.46. The molecule has 106 valence electrons. The van der Waals surface area contributed by atoms with Gasteiger partial charge >= 0.3 is 0 Å². The maximum absolute atomic E-state index is 6.16. The lowest BCUT2D eigenvalue weighted by atomic mass is 9.71. The lowest BCUT2D eigenvalue weighted by Gasteiger charge is -2.35. The van der Waals surface area contributed by atoms with E-state index in [1.54, 1.807) is 7.11 Å². The average molecular weight is 261 g/mol. The zero-order valence-corrected chi connectivity index (χ0v) is 12.5. The first-order valence-corrected chi connectivity index (χ1v) is 7.35. The normalized spacial score (nSPS) is 18.7. The van der Waals surface area contributed by atoms with Crippen LogP contribution in [0.15, 0.2) is 24.3 Å². The van der Waals surface area contributed by atoms with Crippen LogP contribution in [0.25, 0.3) is 0 Å². The van der Waals surface area contributed by atoms with Gasteiger partial charge in [0.15, 0.2) is 0 Å². The van der Waals surface area contributed by atoms with Crippen molar-refractivity contribution in [3.8, 4) is 0 Å². The number of benzene rings is 1. The fraction of sp³-hybridized carbons (Fsp3) is 0.647. The molecule has 0 saturated heterocycles. The summed E-state index contributed by atoms with van der Waals surface area (Å²) in [4.78, 5) is 0. The van der Waals surface area contributed by atoms with Gasteiger partial charge in [0, 0.05) is 24.5 Å². The third-order valence-electron chi connectivity index (χ3n) is 4.68. The summed E-state index contributed by atoms with van der Waals surface area (Å²) in [5.74, 6) is 0. The predicted molar refractivity (Wildman–Crippen MR) is 80.5 cm³/mol. The minimum absolute atomic E-state index is 0.0378. The van der Waals surface area contributed by atoms with Crippen molar-refractivity contribution in [2.75, 3.05) is 20.3 Å². The molecule has 0 amide bonds. The molecule has 0 bridgehead atoms. The van der Waals surface area contributed by atoms with Gasteiger partial charge in [0.25, 0.3) is 0 Å². The van der Waals surface area contributed by atoms with E-state index in [0.717, 1.165) is 13.2 Å². The van der Waals surface area contributed by atoms with Gasteiger partial charge in [-0.05, 0) is 24.0 Å². The topological polar surface area (TPSA) is 35.2 Å². The summed E-state index contributed by atoms with van der Waals surface area (Å²) < 4.78 is 5.41.